The minimum absolute atomic E-state index is 0.0225. The molecule has 6 heteroatoms. The van der Waals surface area contributed by atoms with Gasteiger partial charge in [-0.05, 0) is 32.6 Å². The summed E-state index contributed by atoms with van der Waals surface area (Å²) in [4.78, 5) is 0. The Balaban J connectivity index is 2.15. The Bertz CT molecular complexity index is 364. The number of rotatable bonds is 3. The van der Waals surface area contributed by atoms with E-state index in [9.17, 15) is 8.42 Å². The Morgan fingerprint density at radius 3 is 2.28 bits per heavy atom. The molecule has 0 aromatic heterocycles. The maximum atomic E-state index is 12.7. The van der Waals surface area contributed by atoms with Crippen molar-refractivity contribution in [3.8, 4) is 0 Å². The number of nitrogens with zero attached hydrogens (tertiary/aromatic N) is 2. The van der Waals surface area contributed by atoms with Crippen molar-refractivity contribution in [3.63, 3.8) is 0 Å². The van der Waals surface area contributed by atoms with E-state index in [4.69, 9.17) is 5.73 Å². The predicted molar refractivity (Wildman–Crippen MR) is 72.3 cm³/mol. The second kappa shape index (κ2) is 5.86. The van der Waals surface area contributed by atoms with E-state index in [1.54, 1.807) is 8.61 Å². The summed E-state index contributed by atoms with van der Waals surface area (Å²) in [5.74, 6) is 0. The van der Waals surface area contributed by atoms with Gasteiger partial charge in [0.25, 0.3) is 10.2 Å². The molecule has 0 aromatic carbocycles. The second-order valence-electron chi connectivity index (χ2n) is 5.50. The van der Waals surface area contributed by atoms with Crippen LogP contribution in [0.5, 0.6) is 0 Å². The van der Waals surface area contributed by atoms with Gasteiger partial charge in [0.05, 0.1) is 0 Å². The minimum Gasteiger partial charge on any atom is -0.326 e. The molecule has 0 saturated carbocycles. The number of piperidine rings is 2. The van der Waals surface area contributed by atoms with Gasteiger partial charge in [-0.3, -0.25) is 0 Å². The van der Waals surface area contributed by atoms with Crippen LogP contribution in [0.15, 0.2) is 0 Å². The average molecular weight is 275 g/mol. The molecular formula is C12H25N3O2S. The summed E-state index contributed by atoms with van der Waals surface area (Å²) in [6.07, 6.45) is 6.04. The van der Waals surface area contributed by atoms with Gasteiger partial charge < -0.3 is 5.73 Å². The van der Waals surface area contributed by atoms with Crippen LogP contribution in [0.2, 0.25) is 0 Å². The third kappa shape index (κ3) is 2.87. The highest BCUT2D eigenvalue weighted by atomic mass is 32.2. The van der Waals surface area contributed by atoms with Crippen LogP contribution in [0.25, 0.3) is 0 Å². The van der Waals surface area contributed by atoms with E-state index in [1.165, 1.54) is 0 Å². The number of nitrogens with two attached hydrogens (primary N) is 1. The van der Waals surface area contributed by atoms with Gasteiger partial charge in [-0.25, -0.2) is 0 Å². The standard InChI is InChI=1S/C12H25N3O2S/c1-11(13)12-7-3-6-10-15(12)18(16,17)14-8-4-2-5-9-14/h11-12H,2-10,13H2,1H3. The van der Waals surface area contributed by atoms with Crippen LogP contribution < -0.4 is 5.73 Å². The van der Waals surface area contributed by atoms with E-state index in [-0.39, 0.29) is 12.1 Å². The summed E-state index contributed by atoms with van der Waals surface area (Å²) < 4.78 is 28.6. The van der Waals surface area contributed by atoms with Crippen LogP contribution in [0, 0.1) is 0 Å². The lowest BCUT2D eigenvalue weighted by molar-refractivity contribution is 0.204. The molecule has 18 heavy (non-hydrogen) atoms. The van der Waals surface area contributed by atoms with Crippen molar-refractivity contribution in [1.82, 2.24) is 8.61 Å². The van der Waals surface area contributed by atoms with Crippen molar-refractivity contribution in [3.05, 3.63) is 0 Å². The fourth-order valence-corrected chi connectivity index (χ4v) is 5.00. The first-order chi connectivity index (χ1) is 8.53. The molecule has 106 valence electrons. The van der Waals surface area contributed by atoms with Gasteiger partial charge in [-0.1, -0.05) is 12.8 Å². The van der Waals surface area contributed by atoms with Crippen molar-refractivity contribution in [2.24, 2.45) is 5.73 Å². The topological polar surface area (TPSA) is 66.6 Å². The summed E-state index contributed by atoms with van der Waals surface area (Å²) in [5, 5.41) is 0. The van der Waals surface area contributed by atoms with Gasteiger partial charge in [0, 0.05) is 31.7 Å². The highest BCUT2D eigenvalue weighted by molar-refractivity contribution is 7.86. The van der Waals surface area contributed by atoms with Crippen molar-refractivity contribution in [2.75, 3.05) is 19.6 Å². The maximum Gasteiger partial charge on any atom is 0.282 e. The first-order valence-electron chi connectivity index (χ1n) is 7.06. The molecule has 0 bridgehead atoms. The fraction of sp³-hybridized carbons (Fsp3) is 1.00. The molecule has 2 unspecified atom stereocenters. The van der Waals surface area contributed by atoms with E-state index >= 15 is 0 Å². The van der Waals surface area contributed by atoms with Gasteiger partial charge in [0.1, 0.15) is 0 Å². The molecule has 2 aliphatic rings. The molecule has 2 heterocycles. The average Bonchev–Trinajstić information content (AvgIpc) is 2.39. The lowest BCUT2D eigenvalue weighted by atomic mass is 10.00. The molecule has 5 nitrogen and oxygen atoms in total. The molecule has 2 aliphatic heterocycles. The van der Waals surface area contributed by atoms with Crippen molar-refractivity contribution < 1.29 is 8.42 Å². The molecule has 0 aromatic rings. The molecule has 0 amide bonds. The number of hydrogen-bond acceptors (Lipinski definition) is 3. The Kier molecular flexibility index (Phi) is 4.64. The van der Waals surface area contributed by atoms with Crippen molar-refractivity contribution in [1.29, 1.82) is 0 Å². The SMILES string of the molecule is CC(N)C1CCCCN1S(=O)(=O)N1CCCCC1. The normalized spacial score (nSPS) is 30.2. The zero-order chi connectivity index (χ0) is 13.2. The molecule has 2 atom stereocenters. The van der Waals surface area contributed by atoms with Gasteiger partial charge >= 0.3 is 0 Å². The van der Waals surface area contributed by atoms with Gasteiger partial charge in [0.2, 0.25) is 0 Å². The van der Waals surface area contributed by atoms with Gasteiger partial charge in [-0.2, -0.15) is 17.0 Å². The molecule has 0 spiro atoms. The van der Waals surface area contributed by atoms with Crippen LogP contribution in [-0.2, 0) is 10.2 Å². The molecule has 2 N–H and O–H groups in total. The maximum absolute atomic E-state index is 12.7. The van der Waals surface area contributed by atoms with Gasteiger partial charge in [0.15, 0.2) is 0 Å². The molecule has 2 saturated heterocycles. The monoisotopic (exact) mass is 275 g/mol. The van der Waals surface area contributed by atoms with E-state index in [2.05, 4.69) is 0 Å². The summed E-state index contributed by atoms with van der Waals surface area (Å²) in [6, 6.07) is -0.115. The fourth-order valence-electron chi connectivity index (χ4n) is 2.99. The van der Waals surface area contributed by atoms with E-state index in [1.807, 2.05) is 6.92 Å². The third-order valence-corrected chi connectivity index (χ3v) is 6.11. The highest BCUT2D eigenvalue weighted by Gasteiger charge is 2.38. The van der Waals surface area contributed by atoms with Crippen molar-refractivity contribution >= 4 is 10.2 Å². The lowest BCUT2D eigenvalue weighted by Gasteiger charge is -2.40. The predicted octanol–water partition coefficient (Wildman–Crippen LogP) is 0.919. The Morgan fingerprint density at radius 2 is 1.67 bits per heavy atom. The molecule has 0 radical (unpaired) electrons. The van der Waals surface area contributed by atoms with Crippen LogP contribution in [0.4, 0.5) is 0 Å². The van der Waals surface area contributed by atoms with Gasteiger partial charge in [-0.15, -0.1) is 0 Å². The lowest BCUT2D eigenvalue weighted by Crippen LogP contribution is -2.56. The zero-order valence-corrected chi connectivity index (χ0v) is 12.0. The van der Waals surface area contributed by atoms with Crippen LogP contribution in [0.1, 0.15) is 45.4 Å². The minimum atomic E-state index is -3.29. The molecule has 2 rings (SSSR count). The second-order valence-corrected chi connectivity index (χ2v) is 7.38. The Morgan fingerprint density at radius 1 is 1.06 bits per heavy atom. The summed E-state index contributed by atoms with van der Waals surface area (Å²) in [5.41, 5.74) is 5.96. The third-order valence-electron chi connectivity index (χ3n) is 4.04. The van der Waals surface area contributed by atoms with Crippen molar-refractivity contribution in [2.45, 2.75) is 57.5 Å². The summed E-state index contributed by atoms with van der Waals surface area (Å²) >= 11 is 0. The largest absolute Gasteiger partial charge is 0.326 e. The quantitative estimate of drug-likeness (QED) is 0.833. The first kappa shape index (κ1) is 14.2. The van der Waals surface area contributed by atoms with Crippen LogP contribution in [-0.4, -0.2) is 48.7 Å². The zero-order valence-electron chi connectivity index (χ0n) is 11.2. The summed E-state index contributed by atoms with van der Waals surface area (Å²) in [7, 11) is -3.29. The smallest absolute Gasteiger partial charge is 0.282 e. The summed E-state index contributed by atoms with van der Waals surface area (Å²) in [6.45, 7) is 3.88. The Labute approximate surface area is 110 Å². The van der Waals surface area contributed by atoms with Crippen LogP contribution in [0.3, 0.4) is 0 Å². The van der Waals surface area contributed by atoms with E-state index < -0.39 is 10.2 Å². The van der Waals surface area contributed by atoms with E-state index in [0.29, 0.717) is 19.6 Å². The van der Waals surface area contributed by atoms with Crippen LogP contribution >= 0.6 is 0 Å². The van der Waals surface area contributed by atoms with E-state index in [0.717, 1.165) is 38.5 Å². The number of hydrogen-bond donors (Lipinski definition) is 1. The molecular weight excluding hydrogens is 250 g/mol. The molecule has 2 fully saturated rings. The molecule has 0 aliphatic carbocycles. The Hall–Kier alpha value is -0.170. The first-order valence-corrected chi connectivity index (χ1v) is 8.45. The highest BCUT2D eigenvalue weighted by Crippen LogP contribution is 2.25.